The van der Waals surface area contributed by atoms with Gasteiger partial charge in [0, 0.05) is 32.0 Å². The van der Waals surface area contributed by atoms with Crippen LogP contribution < -0.4 is 0 Å². The minimum Gasteiger partial charge on any atom is -0.347 e. The molecule has 0 aromatic heterocycles. The maximum absolute atomic E-state index is 12.2. The van der Waals surface area contributed by atoms with Crippen LogP contribution in [-0.2, 0) is 19.1 Å². The van der Waals surface area contributed by atoms with Gasteiger partial charge in [-0.3, -0.25) is 9.59 Å². The van der Waals surface area contributed by atoms with E-state index >= 15 is 0 Å². The molecule has 0 saturated heterocycles. The molecule has 90 valence electrons. The number of methoxy groups -OCH3 is 2. The fourth-order valence-corrected chi connectivity index (χ4v) is 3.37. The van der Waals surface area contributed by atoms with E-state index in [1.54, 1.807) is 6.92 Å². The molecule has 3 saturated carbocycles. The second-order valence-electron chi connectivity index (χ2n) is 4.77. The summed E-state index contributed by atoms with van der Waals surface area (Å²) in [4.78, 5) is 23.8. The van der Waals surface area contributed by atoms with Gasteiger partial charge in [-0.2, -0.15) is 0 Å². The van der Waals surface area contributed by atoms with Crippen LogP contribution in [0.2, 0.25) is 0 Å². The van der Waals surface area contributed by atoms with Gasteiger partial charge in [0.05, 0.1) is 0 Å². The molecule has 0 aromatic rings. The van der Waals surface area contributed by atoms with Gasteiger partial charge in [0.1, 0.15) is 5.78 Å². The molecular weight excluding hydrogens is 208 g/mol. The predicted molar refractivity (Wildman–Crippen MR) is 56.8 cm³/mol. The Morgan fingerprint density at radius 2 is 1.94 bits per heavy atom. The van der Waals surface area contributed by atoms with E-state index in [0.717, 1.165) is 12.8 Å². The van der Waals surface area contributed by atoms with Crippen molar-refractivity contribution in [2.45, 2.75) is 32.0 Å². The Labute approximate surface area is 95.3 Å². The third-order valence-electron chi connectivity index (χ3n) is 4.18. The zero-order chi connectivity index (χ0) is 11.9. The summed E-state index contributed by atoms with van der Waals surface area (Å²) in [5.41, 5.74) is 0. The van der Waals surface area contributed by atoms with Crippen LogP contribution in [0.5, 0.6) is 0 Å². The number of hydrogen-bond donors (Lipinski definition) is 0. The molecular formula is C12H18O4. The van der Waals surface area contributed by atoms with Gasteiger partial charge in [-0.25, -0.2) is 0 Å². The normalized spacial score (nSPS) is 36.4. The average molecular weight is 226 g/mol. The third-order valence-corrected chi connectivity index (χ3v) is 4.18. The Morgan fingerprint density at radius 3 is 2.44 bits per heavy atom. The molecule has 0 N–H and O–H groups in total. The van der Waals surface area contributed by atoms with E-state index in [0.29, 0.717) is 6.42 Å². The molecule has 0 amide bonds. The van der Waals surface area contributed by atoms with Gasteiger partial charge in [-0.15, -0.1) is 0 Å². The highest BCUT2D eigenvalue weighted by atomic mass is 16.7. The summed E-state index contributed by atoms with van der Waals surface area (Å²) in [7, 11) is 2.97. The molecule has 16 heavy (non-hydrogen) atoms. The number of rotatable bonds is 3. The van der Waals surface area contributed by atoms with E-state index in [2.05, 4.69) is 0 Å². The van der Waals surface area contributed by atoms with Crippen molar-refractivity contribution in [3.05, 3.63) is 0 Å². The lowest BCUT2D eigenvalue weighted by Crippen LogP contribution is -2.62. The zero-order valence-corrected chi connectivity index (χ0v) is 9.99. The van der Waals surface area contributed by atoms with Crippen LogP contribution in [0.4, 0.5) is 0 Å². The average Bonchev–Trinajstić information content (AvgIpc) is 2.30. The molecule has 0 radical (unpaired) electrons. The first-order valence-corrected chi connectivity index (χ1v) is 5.72. The molecule has 3 rings (SSSR count). The molecule has 3 atom stereocenters. The minimum atomic E-state index is -1.17. The molecule has 0 aliphatic heterocycles. The van der Waals surface area contributed by atoms with Gasteiger partial charge in [0.25, 0.3) is 0 Å². The third kappa shape index (κ3) is 1.36. The first kappa shape index (κ1) is 11.7. The summed E-state index contributed by atoms with van der Waals surface area (Å²) < 4.78 is 10.7. The Morgan fingerprint density at radius 1 is 1.31 bits per heavy atom. The molecule has 3 aliphatic carbocycles. The Hall–Kier alpha value is -0.740. The zero-order valence-electron chi connectivity index (χ0n) is 9.99. The maximum atomic E-state index is 12.2. The van der Waals surface area contributed by atoms with Crippen LogP contribution in [0.15, 0.2) is 0 Å². The highest BCUT2D eigenvalue weighted by Crippen LogP contribution is 2.50. The second kappa shape index (κ2) is 3.93. The van der Waals surface area contributed by atoms with Crippen LogP contribution >= 0.6 is 0 Å². The quantitative estimate of drug-likeness (QED) is 0.678. The molecule has 3 aliphatic rings. The maximum Gasteiger partial charge on any atom is 0.232 e. The second-order valence-corrected chi connectivity index (χ2v) is 4.77. The lowest BCUT2D eigenvalue weighted by molar-refractivity contribution is -0.260. The molecule has 1 unspecified atom stereocenters. The molecule has 0 spiro atoms. The van der Waals surface area contributed by atoms with Gasteiger partial charge in [0.2, 0.25) is 5.79 Å². The number of hydrogen-bond acceptors (Lipinski definition) is 4. The van der Waals surface area contributed by atoms with Gasteiger partial charge in [-0.1, -0.05) is 0 Å². The lowest BCUT2D eigenvalue weighted by atomic mass is 9.59. The molecule has 3 fully saturated rings. The summed E-state index contributed by atoms with van der Waals surface area (Å²) in [6.45, 7) is 1.59. The summed E-state index contributed by atoms with van der Waals surface area (Å²) in [5.74, 6) is -1.28. The van der Waals surface area contributed by atoms with Gasteiger partial charge in [-0.05, 0) is 26.2 Å². The van der Waals surface area contributed by atoms with E-state index in [1.807, 2.05) is 0 Å². The first-order chi connectivity index (χ1) is 7.56. The predicted octanol–water partition coefficient (Wildman–Crippen LogP) is 1.18. The van der Waals surface area contributed by atoms with E-state index in [9.17, 15) is 9.59 Å². The van der Waals surface area contributed by atoms with E-state index in [-0.39, 0.29) is 29.3 Å². The van der Waals surface area contributed by atoms with Crippen molar-refractivity contribution in [3.8, 4) is 0 Å². The first-order valence-electron chi connectivity index (χ1n) is 5.72. The van der Waals surface area contributed by atoms with Crippen LogP contribution in [0, 0.1) is 17.8 Å². The number of carbonyl (C=O) groups is 2. The topological polar surface area (TPSA) is 52.6 Å². The van der Waals surface area contributed by atoms with Crippen molar-refractivity contribution >= 4 is 11.6 Å². The largest absolute Gasteiger partial charge is 0.347 e. The van der Waals surface area contributed by atoms with Crippen LogP contribution in [0.1, 0.15) is 26.2 Å². The lowest BCUT2D eigenvalue weighted by Gasteiger charge is -2.51. The smallest absolute Gasteiger partial charge is 0.232 e. The number of carbonyl (C=O) groups excluding carboxylic acids is 2. The van der Waals surface area contributed by atoms with Crippen molar-refractivity contribution in [2.24, 2.45) is 17.8 Å². The van der Waals surface area contributed by atoms with Crippen LogP contribution in [0.25, 0.3) is 0 Å². The number of fused-ring (bicyclic) bond motifs is 3. The Balaban J connectivity index is 2.38. The molecule has 0 heterocycles. The van der Waals surface area contributed by atoms with Crippen molar-refractivity contribution in [3.63, 3.8) is 0 Å². The fourth-order valence-electron chi connectivity index (χ4n) is 3.37. The van der Waals surface area contributed by atoms with E-state index < -0.39 is 5.79 Å². The SMILES string of the molecule is COC1(OC)C(=O)[C@H]2CC[C@@H]1C(C(C)=O)C2. The van der Waals surface area contributed by atoms with Crippen molar-refractivity contribution in [1.82, 2.24) is 0 Å². The van der Waals surface area contributed by atoms with Crippen LogP contribution in [0.3, 0.4) is 0 Å². The fraction of sp³-hybridized carbons (Fsp3) is 0.833. The van der Waals surface area contributed by atoms with Gasteiger partial charge in [0.15, 0.2) is 5.78 Å². The highest BCUT2D eigenvalue weighted by Gasteiger charge is 2.60. The Bertz CT molecular complexity index is 319. The number of ether oxygens (including phenoxy) is 2. The molecule has 4 heteroatoms. The number of ketones is 2. The van der Waals surface area contributed by atoms with E-state index in [4.69, 9.17) is 9.47 Å². The monoisotopic (exact) mass is 226 g/mol. The van der Waals surface area contributed by atoms with Crippen molar-refractivity contribution in [1.29, 1.82) is 0 Å². The summed E-state index contributed by atoms with van der Waals surface area (Å²) >= 11 is 0. The number of Topliss-reactive ketones (excluding diaryl/α,β-unsaturated/α-hetero) is 2. The summed E-state index contributed by atoms with van der Waals surface area (Å²) in [6, 6.07) is 0. The van der Waals surface area contributed by atoms with Crippen LogP contribution in [-0.4, -0.2) is 31.6 Å². The van der Waals surface area contributed by atoms with Crippen molar-refractivity contribution in [2.75, 3.05) is 14.2 Å². The molecule has 2 bridgehead atoms. The minimum absolute atomic E-state index is 0.0197. The summed E-state index contributed by atoms with van der Waals surface area (Å²) in [6.07, 6.45) is 2.37. The Kier molecular flexibility index (Phi) is 2.88. The highest BCUT2D eigenvalue weighted by molar-refractivity contribution is 5.93. The van der Waals surface area contributed by atoms with E-state index in [1.165, 1.54) is 14.2 Å². The van der Waals surface area contributed by atoms with Gasteiger partial charge < -0.3 is 9.47 Å². The van der Waals surface area contributed by atoms with Crippen molar-refractivity contribution < 1.29 is 19.1 Å². The molecule has 4 nitrogen and oxygen atoms in total. The molecule has 0 aromatic carbocycles. The van der Waals surface area contributed by atoms with Gasteiger partial charge >= 0.3 is 0 Å². The standard InChI is InChI=1S/C12H18O4/c1-7(13)9-6-8-4-5-10(9)12(15-2,16-3)11(8)14/h8-10H,4-6H2,1-3H3/t8-,9?,10+/m0/s1. The summed E-state index contributed by atoms with van der Waals surface area (Å²) in [5, 5.41) is 0.